The number of piperidine rings is 1. The highest BCUT2D eigenvalue weighted by atomic mass is 19.4. The maximum absolute atomic E-state index is 13.4. The first-order valence-electron chi connectivity index (χ1n) is 10.2. The highest BCUT2D eigenvalue weighted by Crippen LogP contribution is 2.38. The van der Waals surface area contributed by atoms with Crippen LogP contribution in [0.2, 0.25) is 0 Å². The molecule has 1 fully saturated rings. The molecular weight excluding hydrogens is 421 g/mol. The number of hydrogen-bond donors (Lipinski definition) is 0. The van der Waals surface area contributed by atoms with Crippen molar-refractivity contribution < 1.29 is 18.0 Å². The van der Waals surface area contributed by atoms with E-state index in [1.165, 1.54) is 16.6 Å². The van der Waals surface area contributed by atoms with E-state index in [1.54, 1.807) is 52.6 Å². The van der Waals surface area contributed by atoms with Crippen LogP contribution in [0.1, 0.15) is 40.4 Å². The molecule has 4 heterocycles. The van der Waals surface area contributed by atoms with Gasteiger partial charge >= 0.3 is 6.18 Å². The first-order chi connectivity index (χ1) is 15.4. The van der Waals surface area contributed by atoms with Crippen LogP contribution in [0.5, 0.6) is 0 Å². The standard InChI is InChI=1S/C22H19F3N6O/c23-22(24,25)17-4-2-1-3-16(17)15-7-10-29(11-8-15)21(32)18-13-31-19(27-18)5-6-20(28-31)30-12-9-26-14-30/h1-6,9,12-15H,7-8,10-11H2. The Bertz CT molecular complexity index is 1260. The Kier molecular flexibility index (Phi) is 4.91. The van der Waals surface area contributed by atoms with Crippen LogP contribution in [0.4, 0.5) is 13.2 Å². The van der Waals surface area contributed by atoms with Crippen molar-refractivity contribution in [2.45, 2.75) is 24.9 Å². The maximum Gasteiger partial charge on any atom is 0.416 e. The second-order valence-electron chi connectivity index (χ2n) is 7.74. The van der Waals surface area contributed by atoms with Gasteiger partial charge in [-0.05, 0) is 42.5 Å². The van der Waals surface area contributed by atoms with Crippen LogP contribution in [-0.4, -0.2) is 48.0 Å². The minimum Gasteiger partial charge on any atom is -0.337 e. The average Bonchev–Trinajstić information content (AvgIpc) is 3.48. The number of fused-ring (bicyclic) bond motifs is 1. The molecule has 7 nitrogen and oxygen atoms in total. The number of benzene rings is 1. The van der Waals surface area contributed by atoms with Gasteiger partial charge in [-0.25, -0.2) is 14.5 Å². The van der Waals surface area contributed by atoms with E-state index in [2.05, 4.69) is 15.1 Å². The molecule has 0 N–H and O–H groups in total. The van der Waals surface area contributed by atoms with E-state index >= 15 is 0 Å². The third-order valence-corrected chi connectivity index (χ3v) is 5.78. The molecule has 5 rings (SSSR count). The summed E-state index contributed by atoms with van der Waals surface area (Å²) in [6.45, 7) is 0.745. The predicted molar refractivity (Wildman–Crippen MR) is 109 cm³/mol. The van der Waals surface area contributed by atoms with E-state index in [4.69, 9.17) is 0 Å². The van der Waals surface area contributed by atoms with Crippen molar-refractivity contribution >= 4 is 11.6 Å². The fourth-order valence-electron chi connectivity index (χ4n) is 4.17. The fraction of sp³-hybridized carbons (Fsp3) is 0.273. The lowest BCUT2D eigenvalue weighted by Crippen LogP contribution is -2.38. The number of nitrogens with zero attached hydrogens (tertiary/aromatic N) is 6. The molecule has 0 unspecified atom stereocenters. The van der Waals surface area contributed by atoms with E-state index in [9.17, 15) is 18.0 Å². The molecule has 3 aromatic heterocycles. The summed E-state index contributed by atoms with van der Waals surface area (Å²) >= 11 is 0. The molecule has 10 heteroatoms. The summed E-state index contributed by atoms with van der Waals surface area (Å²) in [5, 5.41) is 4.45. The van der Waals surface area contributed by atoms with E-state index in [-0.39, 0.29) is 17.5 Å². The molecule has 1 aliphatic heterocycles. The Balaban J connectivity index is 1.31. The highest BCUT2D eigenvalue weighted by Gasteiger charge is 2.36. The second-order valence-corrected chi connectivity index (χ2v) is 7.74. The molecule has 1 aromatic carbocycles. The topological polar surface area (TPSA) is 68.3 Å². The van der Waals surface area contributed by atoms with E-state index < -0.39 is 11.7 Å². The van der Waals surface area contributed by atoms with Crippen LogP contribution in [0.25, 0.3) is 11.5 Å². The van der Waals surface area contributed by atoms with Crippen molar-refractivity contribution in [1.82, 2.24) is 29.0 Å². The second kappa shape index (κ2) is 7.77. The smallest absolute Gasteiger partial charge is 0.337 e. The summed E-state index contributed by atoms with van der Waals surface area (Å²) in [5.41, 5.74) is 0.501. The summed E-state index contributed by atoms with van der Waals surface area (Å²) in [5.74, 6) is 0.148. The van der Waals surface area contributed by atoms with Crippen molar-refractivity contribution in [2.24, 2.45) is 0 Å². The van der Waals surface area contributed by atoms with Gasteiger partial charge in [0, 0.05) is 25.5 Å². The number of likely N-dealkylation sites (tertiary alicyclic amines) is 1. The van der Waals surface area contributed by atoms with Gasteiger partial charge in [-0.3, -0.25) is 9.36 Å². The minimum absolute atomic E-state index is 0.239. The number of aromatic nitrogens is 5. The summed E-state index contributed by atoms with van der Waals surface area (Å²) in [4.78, 5) is 23.0. The molecule has 0 radical (unpaired) electrons. The van der Waals surface area contributed by atoms with Gasteiger partial charge < -0.3 is 4.90 Å². The molecule has 4 aromatic rings. The largest absolute Gasteiger partial charge is 0.416 e. The first-order valence-corrected chi connectivity index (χ1v) is 10.2. The van der Waals surface area contributed by atoms with Gasteiger partial charge in [-0.1, -0.05) is 18.2 Å². The molecule has 0 bridgehead atoms. The molecule has 1 saturated heterocycles. The highest BCUT2D eigenvalue weighted by molar-refractivity contribution is 5.93. The van der Waals surface area contributed by atoms with Crippen molar-refractivity contribution in [1.29, 1.82) is 0 Å². The van der Waals surface area contributed by atoms with Gasteiger partial charge in [-0.2, -0.15) is 13.2 Å². The van der Waals surface area contributed by atoms with Crippen LogP contribution in [0, 0.1) is 0 Å². The third-order valence-electron chi connectivity index (χ3n) is 5.78. The lowest BCUT2D eigenvalue weighted by Gasteiger charge is -2.32. The number of amides is 1. The number of alkyl halides is 3. The lowest BCUT2D eigenvalue weighted by atomic mass is 9.86. The van der Waals surface area contributed by atoms with Gasteiger partial charge in [0.2, 0.25) is 0 Å². The van der Waals surface area contributed by atoms with Gasteiger partial charge in [0.15, 0.2) is 11.5 Å². The van der Waals surface area contributed by atoms with Gasteiger partial charge in [0.05, 0.1) is 11.8 Å². The first kappa shape index (κ1) is 20.2. The van der Waals surface area contributed by atoms with Crippen LogP contribution < -0.4 is 0 Å². The van der Waals surface area contributed by atoms with Crippen LogP contribution in [0.3, 0.4) is 0 Å². The average molecular weight is 440 g/mol. The molecule has 0 atom stereocenters. The minimum atomic E-state index is -4.39. The van der Waals surface area contributed by atoms with Gasteiger partial charge in [0.25, 0.3) is 5.91 Å². The van der Waals surface area contributed by atoms with Crippen molar-refractivity contribution in [3.8, 4) is 5.82 Å². The predicted octanol–water partition coefficient (Wildman–Crippen LogP) is 3.95. The Morgan fingerprint density at radius 1 is 1.06 bits per heavy atom. The van der Waals surface area contributed by atoms with Crippen molar-refractivity contribution in [2.75, 3.05) is 13.1 Å². The molecule has 32 heavy (non-hydrogen) atoms. The normalized spacial score (nSPS) is 15.4. The molecule has 1 aliphatic rings. The van der Waals surface area contributed by atoms with Crippen LogP contribution >= 0.6 is 0 Å². The summed E-state index contributed by atoms with van der Waals surface area (Å²) in [7, 11) is 0. The Morgan fingerprint density at radius 2 is 1.84 bits per heavy atom. The zero-order valence-corrected chi connectivity index (χ0v) is 16.9. The van der Waals surface area contributed by atoms with E-state index in [0.717, 1.165) is 6.07 Å². The molecular formula is C22H19F3N6O. The third kappa shape index (κ3) is 3.72. The number of hydrogen-bond acceptors (Lipinski definition) is 4. The SMILES string of the molecule is O=C(c1cn2nc(-n3ccnc3)ccc2n1)N1CCC(c2ccccc2C(F)(F)F)CC1. The van der Waals surface area contributed by atoms with Crippen LogP contribution in [0.15, 0.2) is 61.3 Å². The monoisotopic (exact) mass is 440 g/mol. The Morgan fingerprint density at radius 3 is 2.56 bits per heavy atom. The maximum atomic E-state index is 13.4. The number of carbonyl (C=O) groups is 1. The molecule has 0 saturated carbocycles. The molecule has 1 amide bonds. The Hall–Kier alpha value is -3.69. The van der Waals surface area contributed by atoms with Gasteiger partial charge in [0.1, 0.15) is 12.0 Å². The summed E-state index contributed by atoms with van der Waals surface area (Å²) in [6, 6.07) is 9.23. The number of carbonyl (C=O) groups excluding carboxylic acids is 1. The molecule has 0 aliphatic carbocycles. The summed E-state index contributed by atoms with van der Waals surface area (Å²) in [6.07, 6.45) is 3.15. The van der Waals surface area contributed by atoms with Crippen molar-refractivity contribution in [3.63, 3.8) is 0 Å². The van der Waals surface area contributed by atoms with Crippen LogP contribution in [-0.2, 0) is 6.18 Å². The molecule has 0 spiro atoms. The number of imidazole rings is 2. The quantitative estimate of drug-likeness (QED) is 0.484. The fourth-order valence-corrected chi connectivity index (χ4v) is 4.17. The number of halogens is 3. The lowest BCUT2D eigenvalue weighted by molar-refractivity contribution is -0.138. The zero-order chi connectivity index (χ0) is 22.3. The Labute approximate surface area is 181 Å². The van der Waals surface area contributed by atoms with Gasteiger partial charge in [-0.15, -0.1) is 5.10 Å². The molecule has 164 valence electrons. The van der Waals surface area contributed by atoms with E-state index in [0.29, 0.717) is 43.0 Å². The summed E-state index contributed by atoms with van der Waals surface area (Å²) < 4.78 is 43.4. The number of rotatable bonds is 3. The zero-order valence-electron chi connectivity index (χ0n) is 16.9. The van der Waals surface area contributed by atoms with E-state index in [1.807, 2.05) is 0 Å². The van der Waals surface area contributed by atoms with Crippen molar-refractivity contribution in [3.05, 3.63) is 78.1 Å².